The van der Waals surface area contributed by atoms with Crippen molar-refractivity contribution >= 4 is 40.2 Å². The van der Waals surface area contributed by atoms with Gasteiger partial charge in [-0.05, 0) is 53.3 Å². The lowest BCUT2D eigenvalue weighted by molar-refractivity contribution is -0.383. The Morgan fingerprint density at radius 2 is 2.00 bits per heavy atom. The molecule has 3 aromatic rings. The van der Waals surface area contributed by atoms with Gasteiger partial charge in [-0.3, -0.25) is 19.8 Å². The molecule has 10 heteroatoms. The van der Waals surface area contributed by atoms with E-state index in [1.165, 1.54) is 18.2 Å². The van der Waals surface area contributed by atoms with Gasteiger partial charge >= 0.3 is 0 Å². The average Bonchev–Trinajstić information content (AvgIpc) is 3.33. The number of halogens is 1. The highest BCUT2D eigenvalue weighted by atomic mass is 35.5. The van der Waals surface area contributed by atoms with Gasteiger partial charge < -0.3 is 14.8 Å². The van der Waals surface area contributed by atoms with Crippen LogP contribution in [0, 0.1) is 10.1 Å². The summed E-state index contributed by atoms with van der Waals surface area (Å²) >= 11 is 7.49. The van der Waals surface area contributed by atoms with Crippen LogP contribution in [0.25, 0.3) is 0 Å². The highest BCUT2D eigenvalue weighted by molar-refractivity contribution is 7.10. The fourth-order valence-electron chi connectivity index (χ4n) is 4.08. The van der Waals surface area contributed by atoms with Crippen LogP contribution in [0.15, 0.2) is 47.8 Å². The van der Waals surface area contributed by atoms with Gasteiger partial charge in [0.25, 0.3) is 5.69 Å². The summed E-state index contributed by atoms with van der Waals surface area (Å²) < 4.78 is 11.0. The van der Waals surface area contributed by atoms with Crippen molar-refractivity contribution in [1.82, 2.24) is 4.90 Å². The molecule has 1 aliphatic rings. The number of hydrogen-bond acceptors (Lipinski definition) is 7. The zero-order chi connectivity index (χ0) is 23.5. The standard InChI is InChI=1S/C23H22ClN3O5S/c1-31-19-10-14-7-8-26(23(21-4-3-9-33-21)16(14)12-20(19)32-2)13-22(28)25-17-6-5-15(24)11-18(17)27(29)30/h3-6,9-12,23H,7-8,13H2,1-2H3,(H,25,28). The van der Waals surface area contributed by atoms with E-state index in [9.17, 15) is 14.9 Å². The summed E-state index contributed by atoms with van der Waals surface area (Å²) in [4.78, 5) is 26.9. The normalized spacial score (nSPS) is 15.5. The number of nitrogens with one attached hydrogen (secondary N) is 1. The van der Waals surface area contributed by atoms with E-state index in [2.05, 4.69) is 10.2 Å². The number of anilines is 1. The predicted octanol–water partition coefficient (Wildman–Crippen LogP) is 4.91. The Morgan fingerprint density at radius 1 is 1.24 bits per heavy atom. The highest BCUT2D eigenvalue weighted by Crippen LogP contribution is 2.42. The van der Waals surface area contributed by atoms with Crippen LogP contribution in [0.3, 0.4) is 0 Å². The van der Waals surface area contributed by atoms with Crippen LogP contribution in [0.2, 0.25) is 5.02 Å². The van der Waals surface area contributed by atoms with Gasteiger partial charge in [0.15, 0.2) is 11.5 Å². The van der Waals surface area contributed by atoms with E-state index in [4.69, 9.17) is 21.1 Å². The maximum atomic E-state index is 12.9. The number of amides is 1. The first kappa shape index (κ1) is 23.0. The van der Waals surface area contributed by atoms with Crippen LogP contribution >= 0.6 is 22.9 Å². The Bertz CT molecular complexity index is 1190. The van der Waals surface area contributed by atoms with Gasteiger partial charge in [0, 0.05) is 22.5 Å². The van der Waals surface area contributed by atoms with Gasteiger partial charge in [-0.15, -0.1) is 11.3 Å². The number of carbonyl (C=O) groups excluding carboxylic acids is 1. The number of benzene rings is 2. The average molecular weight is 488 g/mol. The van der Waals surface area contributed by atoms with Gasteiger partial charge in [-0.25, -0.2) is 0 Å². The Morgan fingerprint density at radius 3 is 2.67 bits per heavy atom. The van der Waals surface area contributed by atoms with Crippen LogP contribution in [0.1, 0.15) is 22.0 Å². The molecule has 172 valence electrons. The van der Waals surface area contributed by atoms with Crippen LogP contribution in [-0.2, 0) is 11.2 Å². The second kappa shape index (κ2) is 9.78. The van der Waals surface area contributed by atoms with Gasteiger partial charge in [0.2, 0.25) is 5.91 Å². The molecule has 1 atom stereocenters. The largest absolute Gasteiger partial charge is 0.493 e. The summed E-state index contributed by atoms with van der Waals surface area (Å²) in [6, 6.07) is 12.0. The maximum Gasteiger partial charge on any atom is 0.294 e. The lowest BCUT2D eigenvalue weighted by Gasteiger charge is -2.37. The van der Waals surface area contributed by atoms with Gasteiger partial charge in [-0.1, -0.05) is 17.7 Å². The third-order valence-electron chi connectivity index (χ3n) is 5.56. The molecule has 0 bridgehead atoms. The van der Waals surface area contributed by atoms with E-state index in [1.807, 2.05) is 29.6 Å². The molecule has 0 fully saturated rings. The molecule has 33 heavy (non-hydrogen) atoms. The zero-order valence-corrected chi connectivity index (χ0v) is 19.6. The van der Waals surface area contributed by atoms with Gasteiger partial charge in [0.05, 0.1) is 31.7 Å². The van der Waals surface area contributed by atoms with E-state index >= 15 is 0 Å². The molecule has 2 heterocycles. The molecule has 0 saturated heterocycles. The second-order valence-corrected chi connectivity index (χ2v) is 8.93. The van der Waals surface area contributed by atoms with Gasteiger partial charge in [0.1, 0.15) is 5.69 Å². The molecule has 1 N–H and O–H groups in total. The van der Waals surface area contributed by atoms with Crippen LogP contribution < -0.4 is 14.8 Å². The van der Waals surface area contributed by atoms with Crippen molar-refractivity contribution < 1.29 is 19.2 Å². The minimum absolute atomic E-state index is 0.0656. The first-order valence-electron chi connectivity index (χ1n) is 10.2. The number of nitro benzene ring substituents is 1. The fourth-order valence-corrected chi connectivity index (χ4v) is 5.13. The smallest absolute Gasteiger partial charge is 0.294 e. The van der Waals surface area contributed by atoms with E-state index in [0.29, 0.717) is 18.0 Å². The lowest BCUT2D eigenvalue weighted by atomic mass is 9.91. The Hall–Kier alpha value is -3.14. The number of hydrogen-bond donors (Lipinski definition) is 1. The highest BCUT2D eigenvalue weighted by Gasteiger charge is 2.32. The number of methoxy groups -OCH3 is 2. The fraction of sp³-hybridized carbons (Fsp3) is 0.261. The Kier molecular flexibility index (Phi) is 6.83. The van der Waals surface area contributed by atoms with Crippen molar-refractivity contribution in [1.29, 1.82) is 0 Å². The molecule has 0 saturated carbocycles. The number of rotatable bonds is 7. The minimum Gasteiger partial charge on any atom is -0.493 e. The second-order valence-electron chi connectivity index (χ2n) is 7.51. The monoisotopic (exact) mass is 487 g/mol. The Labute approximate surface area is 199 Å². The van der Waals surface area contributed by atoms with E-state index in [-0.39, 0.29) is 34.9 Å². The molecule has 4 rings (SSSR count). The molecular formula is C23H22ClN3O5S. The van der Waals surface area contributed by atoms with E-state index in [0.717, 1.165) is 22.4 Å². The lowest BCUT2D eigenvalue weighted by Crippen LogP contribution is -2.41. The summed E-state index contributed by atoms with van der Waals surface area (Å²) in [5, 5.41) is 16.3. The number of fused-ring (bicyclic) bond motifs is 1. The summed E-state index contributed by atoms with van der Waals surface area (Å²) in [6.07, 6.45) is 0.728. The number of ether oxygens (including phenoxy) is 2. The SMILES string of the molecule is COc1cc2c(cc1OC)C(c1cccs1)N(CC(=O)Nc1ccc(Cl)cc1[N+](=O)[O-])CC2. The predicted molar refractivity (Wildman–Crippen MR) is 128 cm³/mol. The quantitative estimate of drug-likeness (QED) is 0.376. The molecular weight excluding hydrogens is 466 g/mol. The van der Waals surface area contributed by atoms with Gasteiger partial charge in [-0.2, -0.15) is 0 Å². The molecule has 8 nitrogen and oxygen atoms in total. The number of nitrogens with zero attached hydrogens (tertiary/aromatic N) is 2. The first-order valence-corrected chi connectivity index (χ1v) is 11.4. The Balaban J connectivity index is 1.63. The molecule has 0 radical (unpaired) electrons. The zero-order valence-electron chi connectivity index (χ0n) is 18.0. The van der Waals surface area contributed by atoms with Crippen molar-refractivity contribution in [3.63, 3.8) is 0 Å². The first-order chi connectivity index (χ1) is 15.9. The summed E-state index contributed by atoms with van der Waals surface area (Å²) in [5.41, 5.74) is 2.06. The summed E-state index contributed by atoms with van der Waals surface area (Å²) in [5.74, 6) is 0.953. The summed E-state index contributed by atoms with van der Waals surface area (Å²) in [6.45, 7) is 0.706. The van der Waals surface area contributed by atoms with Crippen molar-refractivity contribution in [2.45, 2.75) is 12.5 Å². The van der Waals surface area contributed by atoms with Crippen molar-refractivity contribution in [3.8, 4) is 11.5 Å². The topological polar surface area (TPSA) is 93.9 Å². The number of thiophene rings is 1. The summed E-state index contributed by atoms with van der Waals surface area (Å²) in [7, 11) is 3.20. The maximum absolute atomic E-state index is 12.9. The van der Waals surface area contributed by atoms with Crippen LogP contribution in [0.4, 0.5) is 11.4 Å². The molecule has 1 aromatic heterocycles. The third-order valence-corrected chi connectivity index (χ3v) is 6.72. The number of nitro groups is 1. The molecule has 0 aliphatic carbocycles. The molecule has 1 aliphatic heterocycles. The molecule has 0 spiro atoms. The number of carbonyl (C=O) groups is 1. The molecule has 1 unspecified atom stereocenters. The van der Waals surface area contributed by atoms with Crippen molar-refractivity contribution in [2.24, 2.45) is 0 Å². The van der Waals surface area contributed by atoms with Crippen molar-refractivity contribution in [3.05, 3.63) is 79.0 Å². The third kappa shape index (κ3) is 4.80. The molecule has 2 aromatic carbocycles. The van der Waals surface area contributed by atoms with Crippen LogP contribution in [-0.4, -0.2) is 43.0 Å². The minimum atomic E-state index is -0.563. The van der Waals surface area contributed by atoms with E-state index in [1.54, 1.807) is 25.6 Å². The van der Waals surface area contributed by atoms with Crippen molar-refractivity contribution in [2.75, 3.05) is 32.6 Å². The van der Waals surface area contributed by atoms with Crippen LogP contribution in [0.5, 0.6) is 11.5 Å². The van der Waals surface area contributed by atoms with E-state index < -0.39 is 4.92 Å². The molecule has 1 amide bonds.